The Kier molecular flexibility index (Phi) is 3.38. The van der Waals surface area contributed by atoms with Crippen LogP contribution in [0, 0.1) is 0 Å². The second kappa shape index (κ2) is 4.81. The molecule has 0 aliphatic carbocycles. The molecule has 1 aliphatic heterocycles. The van der Waals surface area contributed by atoms with Crippen LogP contribution in [0.1, 0.15) is 6.92 Å². The summed E-state index contributed by atoms with van der Waals surface area (Å²) < 4.78 is 28.7. The predicted octanol–water partition coefficient (Wildman–Crippen LogP) is 1.33. The zero-order valence-electron chi connectivity index (χ0n) is 9.84. The zero-order valence-corrected chi connectivity index (χ0v) is 10.7. The van der Waals surface area contributed by atoms with Gasteiger partial charge < -0.3 is 10.1 Å². The van der Waals surface area contributed by atoms with Crippen LogP contribution in [0.4, 0.5) is 5.69 Å². The minimum Gasteiger partial charge on any atom is -0.463 e. The van der Waals surface area contributed by atoms with E-state index in [1.165, 1.54) is 6.08 Å². The van der Waals surface area contributed by atoms with E-state index in [1.807, 2.05) is 0 Å². The minimum atomic E-state index is -3.39. The molecule has 96 valence electrons. The maximum Gasteiger partial charge on any atom is 0.332 e. The Bertz CT molecular complexity index is 604. The van der Waals surface area contributed by atoms with E-state index in [0.29, 0.717) is 11.4 Å². The Labute approximate surface area is 105 Å². The van der Waals surface area contributed by atoms with Crippen LogP contribution in [-0.4, -0.2) is 26.7 Å². The summed E-state index contributed by atoms with van der Waals surface area (Å²) in [6.45, 7) is 1.95. The first-order valence-corrected chi connectivity index (χ1v) is 7.14. The molecule has 0 radical (unpaired) electrons. The third-order valence-corrected chi connectivity index (χ3v) is 4.16. The van der Waals surface area contributed by atoms with Gasteiger partial charge in [0.25, 0.3) is 0 Å². The molecule has 5 nitrogen and oxygen atoms in total. The quantitative estimate of drug-likeness (QED) is 0.646. The topological polar surface area (TPSA) is 72.5 Å². The van der Waals surface area contributed by atoms with E-state index in [1.54, 1.807) is 31.2 Å². The second-order valence-corrected chi connectivity index (χ2v) is 5.76. The van der Waals surface area contributed by atoms with Crippen molar-refractivity contribution in [3.63, 3.8) is 0 Å². The third kappa shape index (κ3) is 2.53. The molecule has 0 saturated carbocycles. The highest BCUT2D eigenvalue weighted by Gasteiger charge is 2.26. The van der Waals surface area contributed by atoms with Crippen LogP contribution in [0.15, 0.2) is 40.9 Å². The molecule has 18 heavy (non-hydrogen) atoms. The summed E-state index contributed by atoms with van der Waals surface area (Å²) in [6.07, 6.45) is 1.18. The fourth-order valence-electron chi connectivity index (χ4n) is 1.74. The van der Waals surface area contributed by atoms with Crippen molar-refractivity contribution in [3.05, 3.63) is 36.0 Å². The second-order valence-electron chi connectivity index (χ2n) is 3.80. The summed E-state index contributed by atoms with van der Waals surface area (Å²) in [4.78, 5) is 11.6. The number of carbonyl (C=O) groups excluding carboxylic acids is 1. The molecule has 0 amide bonds. The summed E-state index contributed by atoms with van der Waals surface area (Å²) in [5.41, 5.74) is 0.812. The van der Waals surface area contributed by atoms with Gasteiger partial charge in [0.15, 0.2) is 9.84 Å². The Morgan fingerprint density at radius 3 is 2.89 bits per heavy atom. The van der Waals surface area contributed by atoms with E-state index in [4.69, 9.17) is 4.74 Å². The first-order valence-electron chi connectivity index (χ1n) is 5.49. The lowest BCUT2D eigenvalue weighted by Crippen LogP contribution is -2.22. The number of hydrogen-bond acceptors (Lipinski definition) is 5. The average molecular weight is 267 g/mol. The largest absolute Gasteiger partial charge is 0.463 e. The molecule has 1 aliphatic rings. The summed E-state index contributed by atoms with van der Waals surface area (Å²) in [5, 5.41) is 2.92. The Morgan fingerprint density at radius 1 is 1.44 bits per heavy atom. The Morgan fingerprint density at radius 2 is 2.17 bits per heavy atom. The zero-order chi connectivity index (χ0) is 13.2. The van der Waals surface area contributed by atoms with Crippen LogP contribution >= 0.6 is 0 Å². The molecule has 0 aromatic heterocycles. The molecule has 1 aromatic rings. The normalized spacial score (nSPS) is 18.8. The van der Waals surface area contributed by atoms with E-state index >= 15 is 0 Å². The maximum absolute atomic E-state index is 12.0. The van der Waals surface area contributed by atoms with Gasteiger partial charge in [0, 0.05) is 11.8 Å². The van der Waals surface area contributed by atoms with E-state index in [-0.39, 0.29) is 17.3 Å². The molecule has 2 rings (SSSR count). The minimum absolute atomic E-state index is 0.219. The van der Waals surface area contributed by atoms with E-state index < -0.39 is 15.8 Å². The lowest BCUT2D eigenvalue weighted by atomic mass is 10.3. The van der Waals surface area contributed by atoms with Crippen molar-refractivity contribution in [2.45, 2.75) is 11.8 Å². The number of fused-ring (bicyclic) bond motifs is 1. The fourth-order valence-corrected chi connectivity index (χ4v) is 3.20. The van der Waals surface area contributed by atoms with Crippen molar-refractivity contribution >= 4 is 21.5 Å². The summed E-state index contributed by atoms with van der Waals surface area (Å²) in [5.74, 6) is -0.766. The molecule has 6 heteroatoms. The number of nitrogens with one attached hydrogen (secondary N) is 1. The van der Waals surface area contributed by atoms with E-state index in [0.717, 1.165) is 0 Å². The Hall–Kier alpha value is -1.82. The van der Waals surface area contributed by atoms with Crippen molar-refractivity contribution in [2.75, 3.05) is 17.7 Å². The molecule has 1 N–H and O–H groups in total. The van der Waals surface area contributed by atoms with Crippen LogP contribution in [0.25, 0.3) is 0 Å². The van der Waals surface area contributed by atoms with Crippen LogP contribution < -0.4 is 5.32 Å². The molecule has 0 spiro atoms. The van der Waals surface area contributed by atoms with Crippen LogP contribution in [0.5, 0.6) is 0 Å². The van der Waals surface area contributed by atoms with Crippen molar-refractivity contribution in [1.29, 1.82) is 0 Å². The fraction of sp³-hybridized carbons (Fsp3) is 0.250. The number of sulfone groups is 1. The van der Waals surface area contributed by atoms with Gasteiger partial charge in [0.1, 0.15) is 0 Å². The molecule has 0 fully saturated rings. The molecule has 1 heterocycles. The summed E-state index contributed by atoms with van der Waals surface area (Å²) in [6, 6.07) is 6.59. The molecular weight excluding hydrogens is 254 g/mol. The van der Waals surface area contributed by atoms with Crippen LogP contribution in [0.3, 0.4) is 0 Å². The number of anilines is 1. The number of hydrogen-bond donors (Lipinski definition) is 1. The van der Waals surface area contributed by atoms with Gasteiger partial charge in [-0.25, -0.2) is 13.2 Å². The van der Waals surface area contributed by atoms with Crippen molar-refractivity contribution in [1.82, 2.24) is 0 Å². The maximum atomic E-state index is 12.0. The predicted molar refractivity (Wildman–Crippen MR) is 66.8 cm³/mol. The highest BCUT2D eigenvalue weighted by atomic mass is 32.2. The number of rotatable bonds is 2. The van der Waals surface area contributed by atoms with Gasteiger partial charge in [-0.1, -0.05) is 12.1 Å². The smallest absolute Gasteiger partial charge is 0.332 e. The highest BCUT2D eigenvalue weighted by Crippen LogP contribution is 2.29. The molecule has 0 atom stereocenters. The van der Waals surface area contributed by atoms with Crippen molar-refractivity contribution < 1.29 is 17.9 Å². The monoisotopic (exact) mass is 267 g/mol. The number of para-hydroxylation sites is 1. The average Bonchev–Trinajstić information content (AvgIpc) is 2.28. The first-order chi connectivity index (χ1) is 8.53. The van der Waals surface area contributed by atoms with Crippen LogP contribution in [0.2, 0.25) is 0 Å². The molecule has 1 aromatic carbocycles. The van der Waals surface area contributed by atoms with Crippen molar-refractivity contribution in [2.24, 2.45) is 0 Å². The number of ether oxygens (including phenoxy) is 1. The van der Waals surface area contributed by atoms with Crippen molar-refractivity contribution in [3.8, 4) is 0 Å². The lowest BCUT2D eigenvalue weighted by molar-refractivity contribution is -0.137. The van der Waals surface area contributed by atoms with E-state index in [9.17, 15) is 13.2 Å². The van der Waals surface area contributed by atoms with Gasteiger partial charge in [-0.3, -0.25) is 0 Å². The molecule has 0 bridgehead atoms. The number of esters is 1. The first kappa shape index (κ1) is 12.6. The van der Waals surface area contributed by atoms with Gasteiger partial charge in [0.2, 0.25) is 0 Å². The molecular formula is C12H13NO4S. The highest BCUT2D eigenvalue weighted by molar-refractivity contribution is 7.91. The van der Waals surface area contributed by atoms with Gasteiger partial charge in [-0.2, -0.15) is 0 Å². The lowest BCUT2D eigenvalue weighted by Gasteiger charge is -2.20. The van der Waals surface area contributed by atoms with Gasteiger partial charge in [0.05, 0.1) is 22.9 Å². The summed E-state index contributed by atoms with van der Waals surface area (Å²) >= 11 is 0. The van der Waals surface area contributed by atoms with Crippen LogP contribution in [-0.2, 0) is 19.4 Å². The standard InChI is InChI=1S/C12H13NO4S/c1-2-17-12(14)7-9-8-18(15,16)11-6-4-3-5-10(11)13-9/h3-7,13H,2,8H2,1H3/b9-7+. The Balaban J connectivity index is 2.35. The van der Waals surface area contributed by atoms with Gasteiger partial charge >= 0.3 is 5.97 Å². The molecule has 0 unspecified atom stereocenters. The third-order valence-electron chi connectivity index (χ3n) is 2.44. The number of benzene rings is 1. The van der Waals surface area contributed by atoms with E-state index in [2.05, 4.69) is 5.32 Å². The SMILES string of the molecule is CCOC(=O)/C=C1\CS(=O)(=O)c2ccccc2N1. The summed E-state index contributed by atoms with van der Waals surface area (Å²) in [7, 11) is -3.39. The van der Waals surface area contributed by atoms with Gasteiger partial charge in [-0.05, 0) is 19.1 Å². The number of carbonyl (C=O) groups is 1. The van der Waals surface area contributed by atoms with Gasteiger partial charge in [-0.15, -0.1) is 0 Å². The molecule has 0 saturated heterocycles.